The number of hydrogen-bond donors (Lipinski definition) is 0. The van der Waals surface area contributed by atoms with Crippen LogP contribution in [0.5, 0.6) is 0 Å². The molecule has 0 saturated carbocycles. The van der Waals surface area contributed by atoms with Crippen molar-refractivity contribution in [3.05, 3.63) is 57.4 Å². The monoisotopic (exact) mass is 347 g/mol. The van der Waals surface area contributed by atoms with E-state index in [1.165, 1.54) is 28.8 Å². The van der Waals surface area contributed by atoms with E-state index in [0.29, 0.717) is 11.3 Å². The fourth-order valence-electron chi connectivity index (χ4n) is 2.28. The summed E-state index contributed by atoms with van der Waals surface area (Å²) in [5.41, 5.74) is 1.76. The normalized spacial score (nSPS) is 11.8. The van der Waals surface area contributed by atoms with Gasteiger partial charge in [-0.1, -0.05) is 12.1 Å². The fourth-order valence-corrected chi connectivity index (χ4v) is 3.46. The molecule has 0 N–H and O–H groups in total. The highest BCUT2D eigenvalue weighted by Gasteiger charge is 2.22. The highest BCUT2D eigenvalue weighted by atomic mass is 32.2. The Morgan fingerprint density at radius 3 is 2.46 bits per heavy atom. The van der Waals surface area contributed by atoms with E-state index in [2.05, 4.69) is 15.1 Å². The Hall–Kier alpha value is -2.88. The van der Waals surface area contributed by atoms with Crippen molar-refractivity contribution in [3.63, 3.8) is 0 Å². The average molecular weight is 347 g/mol. The van der Waals surface area contributed by atoms with Gasteiger partial charge in [-0.15, -0.1) is 5.10 Å². The van der Waals surface area contributed by atoms with Crippen molar-refractivity contribution in [2.75, 3.05) is 0 Å². The van der Waals surface area contributed by atoms with Gasteiger partial charge in [0.2, 0.25) is 9.84 Å². The van der Waals surface area contributed by atoms with Crippen molar-refractivity contribution in [3.8, 4) is 0 Å². The van der Waals surface area contributed by atoms with Crippen molar-refractivity contribution < 1.29 is 13.3 Å². The van der Waals surface area contributed by atoms with Crippen LogP contribution in [0.1, 0.15) is 17.0 Å². The van der Waals surface area contributed by atoms with E-state index in [-0.39, 0.29) is 22.4 Å². The van der Waals surface area contributed by atoms with Gasteiger partial charge in [-0.25, -0.2) is 17.9 Å². The summed E-state index contributed by atoms with van der Waals surface area (Å²) < 4.78 is 26.3. The van der Waals surface area contributed by atoms with Gasteiger partial charge in [0.15, 0.2) is 0 Å². The minimum Gasteiger partial charge on any atom is -0.258 e. The summed E-state index contributed by atoms with van der Waals surface area (Å²) in [7, 11) is -3.79. The van der Waals surface area contributed by atoms with Crippen LogP contribution in [-0.2, 0) is 15.6 Å². The van der Waals surface area contributed by atoms with Crippen LogP contribution in [0.2, 0.25) is 0 Å². The molecule has 3 aromatic rings. The van der Waals surface area contributed by atoms with Crippen molar-refractivity contribution in [2.24, 2.45) is 0 Å². The van der Waals surface area contributed by atoms with Gasteiger partial charge in [0.05, 0.1) is 10.7 Å². The molecule has 0 aliphatic heterocycles. The van der Waals surface area contributed by atoms with Crippen LogP contribution < -0.4 is 0 Å². The van der Waals surface area contributed by atoms with E-state index in [4.69, 9.17) is 0 Å². The number of non-ortho nitro benzene ring substituents is 1. The predicted octanol–water partition coefficient (Wildman–Crippen LogP) is 1.62. The van der Waals surface area contributed by atoms with Gasteiger partial charge in [-0.2, -0.15) is 4.98 Å². The SMILES string of the molecule is Cc1cc(C)n2nc(S(=O)(=O)Cc3ccc([N+](=O)[O-])cc3)nc2n1. The average Bonchev–Trinajstić information content (AvgIpc) is 2.92. The van der Waals surface area contributed by atoms with E-state index >= 15 is 0 Å². The molecule has 0 aliphatic rings. The summed E-state index contributed by atoms with van der Waals surface area (Å²) in [6, 6.07) is 7.10. The molecule has 0 spiro atoms. The van der Waals surface area contributed by atoms with Gasteiger partial charge in [0, 0.05) is 23.5 Å². The summed E-state index contributed by atoms with van der Waals surface area (Å²) in [4.78, 5) is 18.2. The van der Waals surface area contributed by atoms with Crippen LogP contribution in [0.15, 0.2) is 35.5 Å². The van der Waals surface area contributed by atoms with E-state index in [9.17, 15) is 18.5 Å². The topological polar surface area (TPSA) is 120 Å². The number of aryl methyl sites for hydroxylation is 2. The number of benzene rings is 1. The number of nitrogens with zero attached hydrogens (tertiary/aromatic N) is 5. The molecular formula is C14H13N5O4S. The van der Waals surface area contributed by atoms with Crippen LogP contribution in [0.25, 0.3) is 5.78 Å². The Balaban J connectivity index is 1.95. The number of aromatic nitrogens is 4. The lowest BCUT2D eigenvalue weighted by atomic mass is 10.2. The third-order valence-electron chi connectivity index (χ3n) is 3.38. The maximum absolute atomic E-state index is 12.5. The largest absolute Gasteiger partial charge is 0.269 e. The molecule has 9 nitrogen and oxygen atoms in total. The minimum absolute atomic E-state index is 0.0997. The number of fused-ring (bicyclic) bond motifs is 1. The van der Waals surface area contributed by atoms with Crippen molar-refractivity contribution in [1.29, 1.82) is 0 Å². The second kappa shape index (κ2) is 5.64. The number of nitro benzene ring substituents is 1. The summed E-state index contributed by atoms with van der Waals surface area (Å²) in [6.45, 7) is 3.57. The molecule has 0 bridgehead atoms. The van der Waals surface area contributed by atoms with Crippen molar-refractivity contribution in [1.82, 2.24) is 19.6 Å². The minimum atomic E-state index is -3.79. The van der Waals surface area contributed by atoms with Gasteiger partial charge in [-0.3, -0.25) is 10.1 Å². The summed E-state index contributed by atoms with van der Waals surface area (Å²) in [5.74, 6) is -0.130. The van der Waals surface area contributed by atoms with Gasteiger partial charge in [0.1, 0.15) is 0 Å². The summed E-state index contributed by atoms with van der Waals surface area (Å²) in [5, 5.41) is 14.3. The first-order valence-corrected chi connectivity index (χ1v) is 8.58. The second-order valence-corrected chi connectivity index (χ2v) is 7.21. The molecule has 24 heavy (non-hydrogen) atoms. The van der Waals surface area contributed by atoms with Crippen molar-refractivity contribution in [2.45, 2.75) is 24.8 Å². The van der Waals surface area contributed by atoms with E-state index < -0.39 is 14.8 Å². The van der Waals surface area contributed by atoms with Gasteiger partial charge in [-0.05, 0) is 25.5 Å². The molecule has 10 heteroatoms. The van der Waals surface area contributed by atoms with Crippen LogP contribution >= 0.6 is 0 Å². The molecule has 1 aromatic carbocycles. The number of rotatable bonds is 4. The highest BCUT2D eigenvalue weighted by molar-refractivity contribution is 7.90. The van der Waals surface area contributed by atoms with Gasteiger partial charge >= 0.3 is 0 Å². The van der Waals surface area contributed by atoms with Crippen LogP contribution in [-0.4, -0.2) is 32.9 Å². The fraction of sp³-hybridized carbons (Fsp3) is 0.214. The van der Waals surface area contributed by atoms with Gasteiger partial charge < -0.3 is 0 Å². The lowest BCUT2D eigenvalue weighted by Gasteiger charge is -2.00. The maximum atomic E-state index is 12.5. The first kappa shape index (κ1) is 16.0. The molecule has 0 fully saturated rings. The van der Waals surface area contributed by atoms with E-state index in [1.807, 2.05) is 0 Å². The third-order valence-corrected chi connectivity index (χ3v) is 4.82. The molecule has 0 aliphatic carbocycles. The summed E-state index contributed by atoms with van der Waals surface area (Å²) in [6.07, 6.45) is 0. The van der Waals surface area contributed by atoms with Crippen LogP contribution in [0, 0.1) is 24.0 Å². The summed E-state index contributed by atoms with van der Waals surface area (Å²) >= 11 is 0. The lowest BCUT2D eigenvalue weighted by molar-refractivity contribution is -0.384. The molecule has 0 radical (unpaired) electrons. The molecule has 3 rings (SSSR count). The molecule has 0 unspecified atom stereocenters. The molecular weight excluding hydrogens is 334 g/mol. The highest BCUT2D eigenvalue weighted by Crippen LogP contribution is 2.17. The van der Waals surface area contributed by atoms with Gasteiger partial charge in [0.25, 0.3) is 16.6 Å². The Morgan fingerprint density at radius 1 is 1.17 bits per heavy atom. The molecule has 2 aromatic heterocycles. The van der Waals surface area contributed by atoms with Crippen LogP contribution in [0.3, 0.4) is 0 Å². The first-order valence-electron chi connectivity index (χ1n) is 6.93. The van der Waals surface area contributed by atoms with Crippen molar-refractivity contribution >= 4 is 21.3 Å². The zero-order chi connectivity index (χ0) is 17.5. The molecule has 0 saturated heterocycles. The second-order valence-electron chi connectivity index (χ2n) is 5.33. The molecule has 0 atom stereocenters. The Bertz CT molecular complexity index is 1040. The molecule has 0 amide bonds. The van der Waals surface area contributed by atoms with E-state index in [1.54, 1.807) is 19.9 Å². The maximum Gasteiger partial charge on any atom is 0.269 e. The Morgan fingerprint density at radius 2 is 1.83 bits per heavy atom. The first-order chi connectivity index (χ1) is 11.3. The lowest BCUT2D eigenvalue weighted by Crippen LogP contribution is -2.07. The zero-order valence-corrected chi connectivity index (χ0v) is 13.7. The van der Waals surface area contributed by atoms with E-state index in [0.717, 1.165) is 5.69 Å². The predicted molar refractivity (Wildman–Crippen MR) is 84.2 cm³/mol. The standard InChI is InChI=1S/C14H13N5O4S/c1-9-7-10(2)18-13(15-9)16-14(17-18)24(22,23)8-11-3-5-12(6-4-11)19(20)21/h3-7H,8H2,1-2H3. The third kappa shape index (κ3) is 2.95. The molecule has 124 valence electrons. The van der Waals surface area contributed by atoms with Crippen LogP contribution in [0.4, 0.5) is 5.69 Å². The number of hydrogen-bond acceptors (Lipinski definition) is 7. The molecule has 2 heterocycles. The zero-order valence-electron chi connectivity index (χ0n) is 12.9. The number of sulfone groups is 1. The Kier molecular flexibility index (Phi) is 3.76. The Labute approximate surface area is 137 Å². The number of nitro groups is 1. The smallest absolute Gasteiger partial charge is 0.258 e. The quantitative estimate of drug-likeness (QED) is 0.519.